The van der Waals surface area contributed by atoms with E-state index in [4.69, 9.17) is 4.74 Å². The number of hydrogen-bond donors (Lipinski definition) is 1. The van der Waals surface area contributed by atoms with Crippen LogP contribution in [0.2, 0.25) is 0 Å². The van der Waals surface area contributed by atoms with Crippen LogP contribution in [0.3, 0.4) is 0 Å². The first-order valence-electron chi connectivity index (χ1n) is 7.41. The summed E-state index contributed by atoms with van der Waals surface area (Å²) < 4.78 is 7.59. The molecular weight excluding hydrogens is 280 g/mol. The van der Waals surface area contributed by atoms with Crippen LogP contribution >= 0.6 is 0 Å². The zero-order chi connectivity index (χ0) is 14.9. The number of nitrogens with zero attached hydrogens (tertiary/aromatic N) is 4. The Labute approximate surface area is 127 Å². The molecule has 0 saturated carbocycles. The summed E-state index contributed by atoms with van der Waals surface area (Å²) in [5, 5.41) is 13.9. The van der Waals surface area contributed by atoms with Crippen molar-refractivity contribution in [2.45, 2.75) is 25.5 Å². The van der Waals surface area contributed by atoms with Gasteiger partial charge in [-0.3, -0.25) is 4.98 Å². The van der Waals surface area contributed by atoms with E-state index in [0.29, 0.717) is 5.52 Å². The summed E-state index contributed by atoms with van der Waals surface area (Å²) in [5.41, 5.74) is 3.10. The molecule has 2 aromatic heterocycles. The monoisotopic (exact) mass is 296 g/mol. The van der Waals surface area contributed by atoms with Crippen molar-refractivity contribution < 1.29 is 9.84 Å². The van der Waals surface area contributed by atoms with E-state index in [1.807, 2.05) is 10.9 Å². The van der Waals surface area contributed by atoms with Crippen molar-refractivity contribution in [2.24, 2.45) is 0 Å². The lowest BCUT2D eigenvalue weighted by Crippen LogP contribution is -2.18. The maximum absolute atomic E-state index is 9.47. The summed E-state index contributed by atoms with van der Waals surface area (Å²) in [7, 11) is 0. The summed E-state index contributed by atoms with van der Waals surface area (Å²) in [6.45, 7) is 0.791. The fourth-order valence-electron chi connectivity index (χ4n) is 2.70. The van der Waals surface area contributed by atoms with Crippen LogP contribution in [0.15, 0.2) is 36.8 Å². The molecule has 1 aliphatic rings. The Morgan fingerprint density at radius 2 is 2.14 bits per heavy atom. The maximum atomic E-state index is 9.47. The molecule has 1 N–H and O–H groups in total. The van der Waals surface area contributed by atoms with Crippen molar-refractivity contribution >= 4 is 11.0 Å². The Balaban J connectivity index is 1.66. The molecular formula is C16H16N4O2. The highest BCUT2D eigenvalue weighted by Crippen LogP contribution is 2.25. The Morgan fingerprint density at radius 1 is 1.18 bits per heavy atom. The standard InChI is InChI=1S/C16H16N4O2/c21-12-4-5-13-14(7-12)17-9-15(19-13)11-8-18-20(10-11)16-3-1-2-6-22-16/h4-5,7-10,16,21H,1-3,6H2. The molecule has 112 valence electrons. The van der Waals surface area contributed by atoms with Crippen molar-refractivity contribution in [3.63, 3.8) is 0 Å². The van der Waals surface area contributed by atoms with Crippen molar-refractivity contribution in [1.29, 1.82) is 0 Å². The minimum absolute atomic E-state index is 0.0212. The van der Waals surface area contributed by atoms with E-state index in [2.05, 4.69) is 15.1 Å². The van der Waals surface area contributed by atoms with E-state index < -0.39 is 0 Å². The lowest BCUT2D eigenvalue weighted by atomic mass is 10.2. The third kappa shape index (κ3) is 2.42. The summed E-state index contributed by atoms with van der Waals surface area (Å²) in [4.78, 5) is 8.93. The molecule has 1 fully saturated rings. The Kier molecular flexibility index (Phi) is 3.23. The minimum atomic E-state index is 0.0212. The van der Waals surface area contributed by atoms with Gasteiger partial charge in [0, 0.05) is 24.4 Å². The molecule has 1 saturated heterocycles. The van der Waals surface area contributed by atoms with Gasteiger partial charge in [-0.25, -0.2) is 9.67 Å². The quantitative estimate of drug-likeness (QED) is 0.787. The van der Waals surface area contributed by atoms with Crippen LogP contribution in [0, 0.1) is 0 Å². The van der Waals surface area contributed by atoms with Gasteiger partial charge in [-0.2, -0.15) is 5.10 Å². The van der Waals surface area contributed by atoms with Crippen molar-refractivity contribution in [1.82, 2.24) is 19.7 Å². The topological polar surface area (TPSA) is 73.1 Å². The second kappa shape index (κ2) is 5.38. The molecule has 1 atom stereocenters. The fraction of sp³-hybridized carbons (Fsp3) is 0.312. The lowest BCUT2D eigenvalue weighted by Gasteiger charge is -2.22. The molecule has 0 spiro atoms. The second-order valence-corrected chi connectivity index (χ2v) is 5.46. The van der Waals surface area contributed by atoms with Crippen LogP contribution in [-0.4, -0.2) is 31.5 Å². The molecule has 4 rings (SSSR count). The van der Waals surface area contributed by atoms with Gasteiger partial charge in [0.2, 0.25) is 0 Å². The Morgan fingerprint density at radius 3 is 3.00 bits per heavy atom. The SMILES string of the molecule is Oc1ccc2nc(-c3cnn(C4CCCCO4)c3)cnc2c1. The van der Waals surface area contributed by atoms with Crippen LogP contribution in [0.4, 0.5) is 0 Å². The number of ether oxygens (including phenoxy) is 1. The number of aromatic nitrogens is 4. The zero-order valence-corrected chi connectivity index (χ0v) is 12.0. The second-order valence-electron chi connectivity index (χ2n) is 5.46. The van der Waals surface area contributed by atoms with E-state index >= 15 is 0 Å². The number of benzene rings is 1. The van der Waals surface area contributed by atoms with Gasteiger partial charge in [0.15, 0.2) is 0 Å². The molecule has 22 heavy (non-hydrogen) atoms. The van der Waals surface area contributed by atoms with E-state index in [-0.39, 0.29) is 12.0 Å². The molecule has 1 aliphatic heterocycles. The molecule has 1 unspecified atom stereocenters. The van der Waals surface area contributed by atoms with E-state index in [9.17, 15) is 5.11 Å². The van der Waals surface area contributed by atoms with Crippen LogP contribution in [-0.2, 0) is 4.74 Å². The number of aromatic hydroxyl groups is 1. The highest BCUT2D eigenvalue weighted by Gasteiger charge is 2.17. The molecule has 3 aromatic rings. The third-order valence-corrected chi connectivity index (χ3v) is 3.87. The molecule has 0 bridgehead atoms. The number of phenolic OH excluding ortho intramolecular Hbond substituents is 1. The predicted molar refractivity (Wildman–Crippen MR) is 81.3 cm³/mol. The number of rotatable bonds is 2. The van der Waals surface area contributed by atoms with E-state index in [0.717, 1.165) is 36.2 Å². The Hall–Kier alpha value is -2.47. The maximum Gasteiger partial charge on any atom is 0.150 e. The number of phenols is 1. The first-order chi connectivity index (χ1) is 10.8. The number of fused-ring (bicyclic) bond motifs is 1. The molecule has 6 nitrogen and oxygen atoms in total. The van der Waals surface area contributed by atoms with Gasteiger partial charge in [0.1, 0.15) is 12.0 Å². The average molecular weight is 296 g/mol. The number of hydrogen-bond acceptors (Lipinski definition) is 5. The van der Waals surface area contributed by atoms with Crippen molar-refractivity contribution in [2.75, 3.05) is 6.61 Å². The summed E-state index contributed by atoms with van der Waals surface area (Å²) in [6.07, 6.45) is 8.73. The minimum Gasteiger partial charge on any atom is -0.508 e. The van der Waals surface area contributed by atoms with Gasteiger partial charge in [-0.1, -0.05) is 0 Å². The van der Waals surface area contributed by atoms with Gasteiger partial charge in [0.05, 0.1) is 29.1 Å². The summed E-state index contributed by atoms with van der Waals surface area (Å²) in [5.74, 6) is 0.191. The van der Waals surface area contributed by atoms with Crippen molar-refractivity contribution in [3.8, 4) is 17.0 Å². The van der Waals surface area contributed by atoms with Gasteiger partial charge < -0.3 is 9.84 Å². The zero-order valence-electron chi connectivity index (χ0n) is 12.0. The van der Waals surface area contributed by atoms with Crippen LogP contribution in [0.1, 0.15) is 25.5 Å². The fourth-order valence-corrected chi connectivity index (χ4v) is 2.70. The first-order valence-corrected chi connectivity index (χ1v) is 7.41. The van der Waals surface area contributed by atoms with Crippen LogP contribution in [0.25, 0.3) is 22.3 Å². The lowest BCUT2D eigenvalue weighted by molar-refractivity contribution is -0.0394. The largest absolute Gasteiger partial charge is 0.508 e. The smallest absolute Gasteiger partial charge is 0.150 e. The van der Waals surface area contributed by atoms with Crippen LogP contribution in [0.5, 0.6) is 5.75 Å². The Bertz CT molecular complexity index is 809. The predicted octanol–water partition coefficient (Wildman–Crippen LogP) is 2.90. The van der Waals surface area contributed by atoms with Gasteiger partial charge >= 0.3 is 0 Å². The summed E-state index contributed by atoms with van der Waals surface area (Å²) in [6, 6.07) is 4.97. The first kappa shape index (κ1) is 13.2. The van der Waals surface area contributed by atoms with Gasteiger partial charge in [-0.05, 0) is 31.4 Å². The van der Waals surface area contributed by atoms with E-state index in [1.165, 1.54) is 6.42 Å². The molecule has 0 amide bonds. The summed E-state index contributed by atoms with van der Waals surface area (Å²) >= 11 is 0. The highest BCUT2D eigenvalue weighted by molar-refractivity contribution is 5.78. The molecule has 3 heterocycles. The van der Waals surface area contributed by atoms with Crippen LogP contribution < -0.4 is 0 Å². The molecule has 0 aliphatic carbocycles. The third-order valence-electron chi connectivity index (χ3n) is 3.87. The van der Waals surface area contributed by atoms with Gasteiger partial charge in [-0.15, -0.1) is 0 Å². The van der Waals surface area contributed by atoms with Gasteiger partial charge in [0.25, 0.3) is 0 Å². The normalized spacial score (nSPS) is 18.6. The molecule has 6 heteroatoms. The molecule has 1 aromatic carbocycles. The average Bonchev–Trinajstić information content (AvgIpc) is 3.05. The van der Waals surface area contributed by atoms with E-state index in [1.54, 1.807) is 30.6 Å². The molecule has 0 radical (unpaired) electrons. The highest BCUT2D eigenvalue weighted by atomic mass is 16.5. The van der Waals surface area contributed by atoms with Crippen molar-refractivity contribution in [3.05, 3.63) is 36.8 Å².